The van der Waals surface area contributed by atoms with Crippen molar-refractivity contribution in [2.45, 2.75) is 13.8 Å². The van der Waals surface area contributed by atoms with Crippen LogP contribution in [0.5, 0.6) is 5.75 Å². The molecule has 4 heteroatoms. The van der Waals surface area contributed by atoms with Gasteiger partial charge in [-0.3, -0.25) is 0 Å². The Hall–Kier alpha value is -2.62. The Balaban J connectivity index is 2.07. The van der Waals surface area contributed by atoms with E-state index in [1.165, 1.54) is 6.07 Å². The molecule has 0 N–H and O–H groups in total. The van der Waals surface area contributed by atoms with E-state index >= 15 is 0 Å². The van der Waals surface area contributed by atoms with Crippen LogP contribution in [0, 0.1) is 5.92 Å². The van der Waals surface area contributed by atoms with Gasteiger partial charge in [0.1, 0.15) is 5.75 Å². The van der Waals surface area contributed by atoms with Gasteiger partial charge in [-0.05, 0) is 36.2 Å². The number of ether oxygens (including phenoxy) is 2. The average Bonchev–Trinajstić information content (AvgIpc) is 2.53. The summed E-state index contributed by atoms with van der Waals surface area (Å²) in [6, 6.07) is 15.1. The third-order valence-electron chi connectivity index (χ3n) is 2.84. The molecule has 0 aromatic heterocycles. The summed E-state index contributed by atoms with van der Waals surface area (Å²) < 4.78 is 10.4. The molecule has 0 bridgehead atoms. The maximum absolute atomic E-state index is 12.1. The van der Waals surface area contributed by atoms with Crippen molar-refractivity contribution in [3.05, 3.63) is 65.7 Å². The SMILES string of the molecule is CC(C)COC(=O)c1cccc(C(=O)Oc2ccccc2)c1. The lowest BCUT2D eigenvalue weighted by molar-refractivity contribution is 0.0459. The van der Waals surface area contributed by atoms with Gasteiger partial charge in [-0.15, -0.1) is 0 Å². The molecule has 0 amide bonds. The number of benzene rings is 2. The molecule has 0 saturated heterocycles. The molecule has 0 aliphatic carbocycles. The van der Waals surface area contributed by atoms with Crippen LogP contribution < -0.4 is 4.74 Å². The highest BCUT2D eigenvalue weighted by atomic mass is 16.5. The van der Waals surface area contributed by atoms with E-state index in [4.69, 9.17) is 9.47 Å². The second-order valence-electron chi connectivity index (χ2n) is 5.28. The summed E-state index contributed by atoms with van der Waals surface area (Å²) in [6.45, 7) is 4.26. The Kier molecular flexibility index (Phi) is 5.31. The molecule has 0 unspecified atom stereocenters. The highest BCUT2D eigenvalue weighted by Gasteiger charge is 2.13. The summed E-state index contributed by atoms with van der Waals surface area (Å²) in [4.78, 5) is 24.0. The van der Waals surface area contributed by atoms with E-state index in [1.54, 1.807) is 42.5 Å². The lowest BCUT2D eigenvalue weighted by Gasteiger charge is -2.08. The van der Waals surface area contributed by atoms with Crippen LogP contribution in [-0.2, 0) is 4.74 Å². The fourth-order valence-electron chi connectivity index (χ4n) is 1.75. The van der Waals surface area contributed by atoms with Gasteiger partial charge in [-0.25, -0.2) is 9.59 Å². The molecular formula is C18H18O4. The molecule has 0 radical (unpaired) electrons. The highest BCUT2D eigenvalue weighted by molar-refractivity contribution is 5.96. The summed E-state index contributed by atoms with van der Waals surface area (Å²) in [5, 5.41) is 0. The average molecular weight is 298 g/mol. The van der Waals surface area contributed by atoms with Crippen LogP contribution in [0.2, 0.25) is 0 Å². The predicted molar refractivity (Wildman–Crippen MR) is 83.0 cm³/mol. The number of esters is 2. The van der Waals surface area contributed by atoms with Crippen molar-refractivity contribution in [3.63, 3.8) is 0 Å². The molecule has 2 aromatic rings. The number of hydrogen-bond acceptors (Lipinski definition) is 4. The highest BCUT2D eigenvalue weighted by Crippen LogP contribution is 2.13. The lowest BCUT2D eigenvalue weighted by Crippen LogP contribution is -2.12. The van der Waals surface area contributed by atoms with Crippen LogP contribution >= 0.6 is 0 Å². The van der Waals surface area contributed by atoms with Crippen LogP contribution in [0.15, 0.2) is 54.6 Å². The molecule has 0 fully saturated rings. The first-order valence-corrected chi connectivity index (χ1v) is 7.10. The first kappa shape index (κ1) is 15.8. The zero-order chi connectivity index (χ0) is 15.9. The van der Waals surface area contributed by atoms with Crippen molar-refractivity contribution in [3.8, 4) is 5.75 Å². The van der Waals surface area contributed by atoms with E-state index in [9.17, 15) is 9.59 Å². The van der Waals surface area contributed by atoms with Gasteiger partial charge in [0.05, 0.1) is 17.7 Å². The largest absolute Gasteiger partial charge is 0.462 e. The maximum Gasteiger partial charge on any atom is 0.343 e. The molecule has 2 rings (SSSR count). The van der Waals surface area contributed by atoms with Crippen LogP contribution in [-0.4, -0.2) is 18.5 Å². The molecule has 22 heavy (non-hydrogen) atoms. The van der Waals surface area contributed by atoms with Crippen molar-refractivity contribution in [1.29, 1.82) is 0 Å². The van der Waals surface area contributed by atoms with Crippen molar-refractivity contribution < 1.29 is 19.1 Å². The summed E-state index contributed by atoms with van der Waals surface area (Å²) in [7, 11) is 0. The molecule has 114 valence electrons. The Morgan fingerprint density at radius 3 is 2.18 bits per heavy atom. The quantitative estimate of drug-likeness (QED) is 0.623. The van der Waals surface area contributed by atoms with Gasteiger partial charge in [-0.2, -0.15) is 0 Å². The number of hydrogen-bond donors (Lipinski definition) is 0. The second kappa shape index (κ2) is 7.41. The van der Waals surface area contributed by atoms with E-state index in [2.05, 4.69) is 0 Å². The molecule has 0 heterocycles. The van der Waals surface area contributed by atoms with Crippen LogP contribution in [0.25, 0.3) is 0 Å². The summed E-state index contributed by atoms with van der Waals surface area (Å²) in [6.07, 6.45) is 0. The first-order chi connectivity index (χ1) is 10.6. The van der Waals surface area contributed by atoms with Crippen molar-refractivity contribution in [2.75, 3.05) is 6.61 Å². The van der Waals surface area contributed by atoms with Gasteiger partial charge in [0.2, 0.25) is 0 Å². The van der Waals surface area contributed by atoms with Gasteiger partial charge in [-0.1, -0.05) is 38.1 Å². The predicted octanol–water partition coefficient (Wildman–Crippen LogP) is 3.72. The van der Waals surface area contributed by atoms with Gasteiger partial charge in [0.25, 0.3) is 0 Å². The monoisotopic (exact) mass is 298 g/mol. The fraction of sp³-hybridized carbons (Fsp3) is 0.222. The molecule has 0 aliphatic heterocycles. The normalized spacial score (nSPS) is 10.3. The van der Waals surface area contributed by atoms with Crippen LogP contribution in [0.4, 0.5) is 0 Å². The van der Waals surface area contributed by atoms with Crippen LogP contribution in [0.1, 0.15) is 34.6 Å². The Bertz CT molecular complexity index is 647. The van der Waals surface area contributed by atoms with Gasteiger partial charge >= 0.3 is 11.9 Å². The smallest absolute Gasteiger partial charge is 0.343 e. The van der Waals surface area contributed by atoms with E-state index in [1.807, 2.05) is 19.9 Å². The van der Waals surface area contributed by atoms with E-state index in [-0.39, 0.29) is 5.92 Å². The molecule has 4 nitrogen and oxygen atoms in total. The second-order valence-corrected chi connectivity index (χ2v) is 5.28. The number of carbonyl (C=O) groups excluding carboxylic acids is 2. The summed E-state index contributed by atoms with van der Waals surface area (Å²) >= 11 is 0. The Labute approximate surface area is 129 Å². The zero-order valence-corrected chi connectivity index (χ0v) is 12.6. The third-order valence-corrected chi connectivity index (χ3v) is 2.84. The molecule has 0 aliphatic rings. The first-order valence-electron chi connectivity index (χ1n) is 7.10. The minimum atomic E-state index is -0.510. The van der Waals surface area contributed by atoms with Gasteiger partial charge in [0.15, 0.2) is 0 Å². The third kappa shape index (κ3) is 4.45. The van der Waals surface area contributed by atoms with E-state index < -0.39 is 11.9 Å². The van der Waals surface area contributed by atoms with E-state index in [0.717, 1.165) is 0 Å². The molecule has 0 atom stereocenters. The molecule has 2 aromatic carbocycles. The van der Waals surface area contributed by atoms with E-state index in [0.29, 0.717) is 23.5 Å². The Morgan fingerprint density at radius 1 is 0.909 bits per heavy atom. The fourth-order valence-corrected chi connectivity index (χ4v) is 1.75. The lowest BCUT2D eigenvalue weighted by atomic mass is 10.1. The number of carbonyl (C=O) groups is 2. The van der Waals surface area contributed by atoms with Gasteiger partial charge in [0, 0.05) is 0 Å². The zero-order valence-electron chi connectivity index (χ0n) is 12.6. The minimum absolute atomic E-state index is 0.259. The van der Waals surface area contributed by atoms with Crippen molar-refractivity contribution >= 4 is 11.9 Å². The molecule has 0 saturated carbocycles. The minimum Gasteiger partial charge on any atom is -0.462 e. The summed E-state index contributed by atoms with van der Waals surface area (Å²) in [5.74, 6) is -0.233. The number of para-hydroxylation sites is 1. The summed E-state index contributed by atoms with van der Waals surface area (Å²) in [5.41, 5.74) is 0.644. The maximum atomic E-state index is 12.1. The standard InChI is InChI=1S/C18H18O4/c1-13(2)12-21-17(19)14-7-6-8-15(11-14)18(20)22-16-9-4-3-5-10-16/h3-11,13H,12H2,1-2H3. The topological polar surface area (TPSA) is 52.6 Å². The Morgan fingerprint density at radius 2 is 1.55 bits per heavy atom. The van der Waals surface area contributed by atoms with Crippen molar-refractivity contribution in [2.24, 2.45) is 5.92 Å². The molecule has 0 spiro atoms. The van der Waals surface area contributed by atoms with Crippen molar-refractivity contribution in [1.82, 2.24) is 0 Å². The molecular weight excluding hydrogens is 280 g/mol. The van der Waals surface area contributed by atoms with Gasteiger partial charge < -0.3 is 9.47 Å². The number of rotatable bonds is 5. The van der Waals surface area contributed by atoms with Crippen LogP contribution in [0.3, 0.4) is 0 Å².